The molecule has 0 saturated carbocycles. The SMILES string of the molecule is COc1cc2ccc(S(=O)(=O)Cl)cc2cc1OC. The van der Waals surface area contributed by atoms with Crippen molar-refractivity contribution in [3.05, 3.63) is 30.3 Å². The Morgan fingerprint density at radius 3 is 2.00 bits per heavy atom. The minimum Gasteiger partial charge on any atom is -0.493 e. The van der Waals surface area contributed by atoms with Gasteiger partial charge in [0.05, 0.1) is 19.1 Å². The van der Waals surface area contributed by atoms with Crippen molar-refractivity contribution in [2.75, 3.05) is 14.2 Å². The Balaban J connectivity index is 2.71. The van der Waals surface area contributed by atoms with Crippen LogP contribution in [0.2, 0.25) is 0 Å². The van der Waals surface area contributed by atoms with Gasteiger partial charge < -0.3 is 9.47 Å². The Morgan fingerprint density at radius 2 is 1.50 bits per heavy atom. The first kappa shape index (κ1) is 13.0. The zero-order chi connectivity index (χ0) is 13.3. The highest BCUT2D eigenvalue weighted by Gasteiger charge is 2.12. The van der Waals surface area contributed by atoms with Gasteiger partial charge in [-0.05, 0) is 35.0 Å². The molecular weight excluding hydrogens is 276 g/mol. The number of fused-ring (bicyclic) bond motifs is 1. The maximum atomic E-state index is 11.3. The fourth-order valence-corrected chi connectivity index (χ4v) is 2.49. The van der Waals surface area contributed by atoms with E-state index in [4.69, 9.17) is 20.2 Å². The predicted octanol–water partition coefficient (Wildman–Crippen LogP) is 2.78. The highest BCUT2D eigenvalue weighted by atomic mass is 35.7. The molecule has 0 fully saturated rings. The average molecular weight is 287 g/mol. The number of rotatable bonds is 3. The van der Waals surface area contributed by atoms with Crippen molar-refractivity contribution >= 4 is 30.5 Å². The van der Waals surface area contributed by atoms with Crippen LogP contribution in [0, 0.1) is 0 Å². The van der Waals surface area contributed by atoms with E-state index in [9.17, 15) is 8.42 Å². The molecule has 4 nitrogen and oxygen atoms in total. The van der Waals surface area contributed by atoms with Crippen LogP contribution in [-0.4, -0.2) is 22.6 Å². The van der Waals surface area contributed by atoms with Gasteiger partial charge in [-0.1, -0.05) is 6.07 Å². The first-order chi connectivity index (χ1) is 8.45. The third-order valence-electron chi connectivity index (χ3n) is 2.60. The van der Waals surface area contributed by atoms with Crippen LogP contribution in [0.25, 0.3) is 10.8 Å². The summed E-state index contributed by atoms with van der Waals surface area (Å²) >= 11 is 0. The fraction of sp³-hybridized carbons (Fsp3) is 0.167. The van der Waals surface area contributed by atoms with Crippen molar-refractivity contribution in [1.29, 1.82) is 0 Å². The number of benzene rings is 2. The lowest BCUT2D eigenvalue weighted by atomic mass is 10.1. The summed E-state index contributed by atoms with van der Waals surface area (Å²) in [5.41, 5.74) is 0. The molecule has 0 aliphatic rings. The molecule has 0 spiro atoms. The number of ether oxygens (including phenoxy) is 2. The van der Waals surface area contributed by atoms with Crippen molar-refractivity contribution in [2.45, 2.75) is 4.90 Å². The number of halogens is 1. The largest absolute Gasteiger partial charge is 0.493 e. The van der Waals surface area contributed by atoms with Gasteiger partial charge in [0.25, 0.3) is 9.05 Å². The molecule has 0 amide bonds. The lowest BCUT2D eigenvalue weighted by Gasteiger charge is -2.09. The van der Waals surface area contributed by atoms with Gasteiger partial charge in [0.1, 0.15) is 0 Å². The topological polar surface area (TPSA) is 52.6 Å². The summed E-state index contributed by atoms with van der Waals surface area (Å²) < 4.78 is 32.9. The van der Waals surface area contributed by atoms with Crippen LogP contribution in [0.3, 0.4) is 0 Å². The van der Waals surface area contributed by atoms with E-state index in [0.717, 1.165) is 10.8 Å². The van der Waals surface area contributed by atoms with Crippen LogP contribution in [-0.2, 0) is 9.05 Å². The van der Waals surface area contributed by atoms with E-state index in [1.165, 1.54) is 19.2 Å². The monoisotopic (exact) mass is 286 g/mol. The van der Waals surface area contributed by atoms with Gasteiger partial charge in [-0.25, -0.2) is 8.42 Å². The molecule has 2 aromatic rings. The molecule has 0 N–H and O–H groups in total. The van der Waals surface area contributed by atoms with Crippen LogP contribution < -0.4 is 9.47 Å². The van der Waals surface area contributed by atoms with Crippen LogP contribution >= 0.6 is 10.7 Å². The molecule has 2 aromatic carbocycles. The third kappa shape index (κ3) is 2.37. The van der Waals surface area contributed by atoms with Gasteiger partial charge in [0.2, 0.25) is 0 Å². The molecule has 0 saturated heterocycles. The zero-order valence-corrected chi connectivity index (χ0v) is 11.4. The summed E-state index contributed by atoms with van der Waals surface area (Å²) in [7, 11) is 4.64. The normalized spacial score (nSPS) is 11.5. The van der Waals surface area contributed by atoms with E-state index >= 15 is 0 Å². The Labute approximate surface area is 110 Å². The Bertz CT molecular complexity index is 695. The summed E-state index contributed by atoms with van der Waals surface area (Å²) in [5, 5.41) is 1.56. The van der Waals surface area contributed by atoms with E-state index in [-0.39, 0.29) is 4.90 Å². The molecule has 0 radical (unpaired) electrons. The lowest BCUT2D eigenvalue weighted by Crippen LogP contribution is -1.93. The summed E-state index contributed by atoms with van der Waals surface area (Å²) in [5.74, 6) is 1.13. The molecule has 0 aliphatic carbocycles. The van der Waals surface area contributed by atoms with Crippen molar-refractivity contribution in [1.82, 2.24) is 0 Å². The first-order valence-corrected chi connectivity index (χ1v) is 7.37. The maximum Gasteiger partial charge on any atom is 0.261 e. The Kier molecular flexibility index (Phi) is 3.36. The van der Waals surface area contributed by atoms with Gasteiger partial charge in [0.15, 0.2) is 11.5 Å². The predicted molar refractivity (Wildman–Crippen MR) is 70.1 cm³/mol. The van der Waals surface area contributed by atoms with Crippen molar-refractivity contribution in [2.24, 2.45) is 0 Å². The van der Waals surface area contributed by atoms with Gasteiger partial charge >= 0.3 is 0 Å². The smallest absolute Gasteiger partial charge is 0.261 e. The number of hydrogen-bond acceptors (Lipinski definition) is 4. The van der Waals surface area contributed by atoms with E-state index in [0.29, 0.717) is 11.5 Å². The van der Waals surface area contributed by atoms with Crippen molar-refractivity contribution < 1.29 is 17.9 Å². The minimum absolute atomic E-state index is 0.0592. The maximum absolute atomic E-state index is 11.3. The number of hydrogen-bond donors (Lipinski definition) is 0. The summed E-state index contributed by atoms with van der Waals surface area (Å²) in [4.78, 5) is 0.0592. The standard InChI is InChI=1S/C12H11ClO4S/c1-16-11-6-8-3-4-10(18(13,14)15)5-9(8)7-12(11)17-2/h3-7H,1-2H3. The van der Waals surface area contributed by atoms with Gasteiger partial charge in [-0.2, -0.15) is 0 Å². The molecule has 0 aromatic heterocycles. The second-order valence-electron chi connectivity index (χ2n) is 3.65. The summed E-state index contributed by atoms with van der Waals surface area (Å²) in [6.07, 6.45) is 0. The van der Waals surface area contributed by atoms with Crippen LogP contribution in [0.5, 0.6) is 11.5 Å². The van der Waals surface area contributed by atoms with Gasteiger partial charge in [0, 0.05) is 10.7 Å². The second-order valence-corrected chi connectivity index (χ2v) is 6.22. The summed E-state index contributed by atoms with van der Waals surface area (Å²) in [6.45, 7) is 0. The molecular formula is C12H11ClO4S. The van der Waals surface area contributed by atoms with E-state index in [1.807, 2.05) is 0 Å². The summed E-state index contributed by atoms with van der Waals surface area (Å²) in [6, 6.07) is 8.11. The van der Waals surface area contributed by atoms with Crippen molar-refractivity contribution in [3.8, 4) is 11.5 Å². The Morgan fingerprint density at radius 1 is 0.944 bits per heavy atom. The molecule has 0 atom stereocenters. The fourth-order valence-electron chi connectivity index (χ4n) is 1.70. The molecule has 18 heavy (non-hydrogen) atoms. The van der Waals surface area contributed by atoms with Crippen molar-refractivity contribution in [3.63, 3.8) is 0 Å². The third-order valence-corrected chi connectivity index (χ3v) is 3.95. The lowest BCUT2D eigenvalue weighted by molar-refractivity contribution is 0.356. The van der Waals surface area contributed by atoms with Gasteiger partial charge in [-0.15, -0.1) is 0 Å². The molecule has 0 aliphatic heterocycles. The highest BCUT2D eigenvalue weighted by Crippen LogP contribution is 2.33. The van der Waals surface area contributed by atoms with E-state index in [2.05, 4.69) is 0 Å². The van der Waals surface area contributed by atoms with Gasteiger partial charge in [-0.3, -0.25) is 0 Å². The van der Waals surface area contributed by atoms with E-state index < -0.39 is 9.05 Å². The van der Waals surface area contributed by atoms with Crippen LogP contribution in [0.15, 0.2) is 35.2 Å². The highest BCUT2D eigenvalue weighted by molar-refractivity contribution is 8.13. The van der Waals surface area contributed by atoms with Crippen LogP contribution in [0.1, 0.15) is 0 Å². The molecule has 2 rings (SSSR count). The average Bonchev–Trinajstić information content (AvgIpc) is 2.35. The second kappa shape index (κ2) is 4.66. The molecule has 0 unspecified atom stereocenters. The quantitative estimate of drug-likeness (QED) is 0.814. The number of methoxy groups -OCH3 is 2. The molecule has 0 heterocycles. The molecule has 6 heteroatoms. The zero-order valence-electron chi connectivity index (χ0n) is 9.81. The van der Waals surface area contributed by atoms with E-state index in [1.54, 1.807) is 25.3 Å². The van der Waals surface area contributed by atoms with Crippen LogP contribution in [0.4, 0.5) is 0 Å². The Hall–Kier alpha value is -1.46. The minimum atomic E-state index is -3.73. The first-order valence-electron chi connectivity index (χ1n) is 5.06. The molecule has 0 bridgehead atoms. The molecule has 96 valence electrons.